The molecule has 2 aromatic rings. The number of fused-ring (bicyclic) bond motifs is 1. The fourth-order valence-electron chi connectivity index (χ4n) is 1.82. The minimum atomic E-state index is -0.296. The standard InChI is InChI=1S/C12H16N2O2/c1-3-14-10-6-9(8(2)7-13)4-5-11(10)16-12(14)15/h4-6,8H,3,7,13H2,1-2H3. The lowest BCUT2D eigenvalue weighted by molar-refractivity contribution is 0.513. The van der Waals surface area contributed by atoms with Crippen LogP contribution in [-0.4, -0.2) is 11.1 Å². The molecule has 2 N–H and O–H groups in total. The number of nitrogens with zero attached hydrogens (tertiary/aromatic N) is 1. The van der Waals surface area contributed by atoms with Gasteiger partial charge in [-0.05, 0) is 37.1 Å². The number of aryl methyl sites for hydroxylation is 1. The van der Waals surface area contributed by atoms with E-state index in [0.717, 1.165) is 11.1 Å². The number of benzene rings is 1. The zero-order chi connectivity index (χ0) is 11.7. The fraction of sp³-hybridized carbons (Fsp3) is 0.417. The first-order chi connectivity index (χ1) is 7.67. The largest absolute Gasteiger partial charge is 0.419 e. The van der Waals surface area contributed by atoms with Crippen LogP contribution in [0.5, 0.6) is 0 Å². The third kappa shape index (κ3) is 1.65. The number of oxazole rings is 1. The van der Waals surface area contributed by atoms with Gasteiger partial charge in [0.15, 0.2) is 5.58 Å². The molecule has 1 aromatic heterocycles. The first-order valence-corrected chi connectivity index (χ1v) is 5.50. The van der Waals surface area contributed by atoms with Crippen LogP contribution in [0.4, 0.5) is 0 Å². The molecule has 0 fully saturated rings. The summed E-state index contributed by atoms with van der Waals surface area (Å²) in [5.41, 5.74) is 8.26. The summed E-state index contributed by atoms with van der Waals surface area (Å²) in [6.45, 7) is 5.21. The first-order valence-electron chi connectivity index (χ1n) is 5.50. The molecular formula is C12H16N2O2. The van der Waals surface area contributed by atoms with E-state index in [2.05, 4.69) is 6.92 Å². The van der Waals surface area contributed by atoms with E-state index < -0.39 is 0 Å². The van der Waals surface area contributed by atoms with Crippen molar-refractivity contribution in [2.75, 3.05) is 6.54 Å². The van der Waals surface area contributed by atoms with Gasteiger partial charge in [0.1, 0.15) is 0 Å². The van der Waals surface area contributed by atoms with E-state index in [1.54, 1.807) is 4.57 Å². The van der Waals surface area contributed by atoms with Gasteiger partial charge in [-0.25, -0.2) is 4.79 Å². The second-order valence-corrected chi connectivity index (χ2v) is 3.98. The second-order valence-electron chi connectivity index (χ2n) is 3.98. The van der Waals surface area contributed by atoms with E-state index in [9.17, 15) is 4.79 Å². The summed E-state index contributed by atoms with van der Waals surface area (Å²) in [5, 5.41) is 0. The van der Waals surface area contributed by atoms with Crippen LogP contribution in [0.3, 0.4) is 0 Å². The number of aromatic nitrogens is 1. The Bertz CT molecular complexity index is 554. The smallest absolute Gasteiger partial charge is 0.408 e. The quantitative estimate of drug-likeness (QED) is 0.856. The van der Waals surface area contributed by atoms with Gasteiger partial charge in [-0.3, -0.25) is 4.57 Å². The number of nitrogens with two attached hydrogens (primary N) is 1. The SMILES string of the molecule is CCn1c(=O)oc2ccc(C(C)CN)cc21. The Kier molecular flexibility index (Phi) is 2.83. The summed E-state index contributed by atoms with van der Waals surface area (Å²) in [4.78, 5) is 11.5. The monoisotopic (exact) mass is 220 g/mol. The van der Waals surface area contributed by atoms with Gasteiger partial charge < -0.3 is 10.2 Å². The molecule has 0 saturated carbocycles. The van der Waals surface area contributed by atoms with Crippen molar-refractivity contribution in [2.45, 2.75) is 26.3 Å². The lowest BCUT2D eigenvalue weighted by Crippen LogP contribution is -2.12. The van der Waals surface area contributed by atoms with E-state index in [0.29, 0.717) is 24.6 Å². The Morgan fingerprint density at radius 3 is 2.88 bits per heavy atom. The summed E-state index contributed by atoms with van der Waals surface area (Å²) in [6, 6.07) is 5.79. The Hall–Kier alpha value is -1.55. The second kappa shape index (κ2) is 4.14. The molecule has 0 spiro atoms. The van der Waals surface area contributed by atoms with Gasteiger partial charge in [-0.2, -0.15) is 0 Å². The zero-order valence-corrected chi connectivity index (χ0v) is 9.56. The van der Waals surface area contributed by atoms with Crippen molar-refractivity contribution in [1.29, 1.82) is 0 Å². The Morgan fingerprint density at radius 2 is 2.25 bits per heavy atom. The van der Waals surface area contributed by atoms with Crippen LogP contribution in [0.1, 0.15) is 25.3 Å². The van der Waals surface area contributed by atoms with E-state index in [4.69, 9.17) is 10.2 Å². The maximum Gasteiger partial charge on any atom is 0.419 e. The maximum atomic E-state index is 11.5. The van der Waals surface area contributed by atoms with Crippen LogP contribution in [0.15, 0.2) is 27.4 Å². The average molecular weight is 220 g/mol. The molecule has 0 radical (unpaired) electrons. The summed E-state index contributed by atoms with van der Waals surface area (Å²) in [5.74, 6) is -0.00485. The molecule has 0 aliphatic rings. The minimum absolute atomic E-state index is 0.291. The van der Waals surface area contributed by atoms with E-state index in [1.807, 2.05) is 25.1 Å². The Labute approximate surface area is 93.7 Å². The number of hydrogen-bond acceptors (Lipinski definition) is 3. The molecule has 16 heavy (non-hydrogen) atoms. The van der Waals surface area contributed by atoms with Gasteiger partial charge in [-0.1, -0.05) is 13.0 Å². The molecule has 0 saturated heterocycles. The van der Waals surface area contributed by atoms with Crippen LogP contribution in [-0.2, 0) is 6.54 Å². The van der Waals surface area contributed by atoms with Crippen LogP contribution in [0.2, 0.25) is 0 Å². The van der Waals surface area contributed by atoms with Gasteiger partial charge in [0.2, 0.25) is 0 Å². The highest BCUT2D eigenvalue weighted by Gasteiger charge is 2.10. The molecule has 1 unspecified atom stereocenters. The molecule has 86 valence electrons. The summed E-state index contributed by atoms with van der Waals surface area (Å²) in [7, 11) is 0. The van der Waals surface area contributed by atoms with Gasteiger partial charge >= 0.3 is 5.76 Å². The van der Waals surface area contributed by atoms with Crippen molar-refractivity contribution < 1.29 is 4.42 Å². The predicted octanol–water partition coefficient (Wildman–Crippen LogP) is 1.68. The summed E-state index contributed by atoms with van der Waals surface area (Å²) in [6.07, 6.45) is 0. The van der Waals surface area contributed by atoms with Crippen molar-refractivity contribution in [3.63, 3.8) is 0 Å². The Morgan fingerprint density at radius 1 is 1.50 bits per heavy atom. The molecule has 4 nitrogen and oxygen atoms in total. The topological polar surface area (TPSA) is 61.2 Å². The normalized spacial score (nSPS) is 13.2. The molecule has 1 heterocycles. The lowest BCUT2D eigenvalue weighted by atomic mass is 10.0. The molecular weight excluding hydrogens is 204 g/mol. The van der Waals surface area contributed by atoms with Crippen molar-refractivity contribution in [3.8, 4) is 0 Å². The van der Waals surface area contributed by atoms with Gasteiger partial charge in [-0.15, -0.1) is 0 Å². The van der Waals surface area contributed by atoms with Crippen LogP contribution in [0, 0.1) is 0 Å². The maximum absolute atomic E-state index is 11.5. The van der Waals surface area contributed by atoms with Crippen molar-refractivity contribution in [2.24, 2.45) is 5.73 Å². The highest BCUT2D eigenvalue weighted by molar-refractivity contribution is 5.74. The van der Waals surface area contributed by atoms with Gasteiger partial charge in [0, 0.05) is 6.54 Å². The van der Waals surface area contributed by atoms with Crippen LogP contribution < -0.4 is 11.5 Å². The molecule has 0 aliphatic heterocycles. The zero-order valence-electron chi connectivity index (χ0n) is 9.56. The third-order valence-electron chi connectivity index (χ3n) is 2.93. The Balaban J connectivity index is 2.64. The summed E-state index contributed by atoms with van der Waals surface area (Å²) >= 11 is 0. The third-order valence-corrected chi connectivity index (χ3v) is 2.93. The number of rotatable bonds is 3. The minimum Gasteiger partial charge on any atom is -0.408 e. The van der Waals surface area contributed by atoms with Gasteiger partial charge in [0.05, 0.1) is 5.52 Å². The van der Waals surface area contributed by atoms with E-state index in [-0.39, 0.29) is 5.76 Å². The summed E-state index contributed by atoms with van der Waals surface area (Å²) < 4.78 is 6.76. The average Bonchev–Trinajstić information content (AvgIpc) is 2.62. The van der Waals surface area contributed by atoms with Gasteiger partial charge in [0.25, 0.3) is 0 Å². The van der Waals surface area contributed by atoms with Crippen LogP contribution in [0.25, 0.3) is 11.1 Å². The predicted molar refractivity (Wildman–Crippen MR) is 63.6 cm³/mol. The molecule has 1 aromatic carbocycles. The first kappa shape index (κ1) is 11.0. The molecule has 1 atom stereocenters. The van der Waals surface area contributed by atoms with Crippen molar-refractivity contribution in [1.82, 2.24) is 4.57 Å². The molecule has 4 heteroatoms. The molecule has 2 rings (SSSR count). The fourth-order valence-corrected chi connectivity index (χ4v) is 1.82. The van der Waals surface area contributed by atoms with Crippen molar-refractivity contribution in [3.05, 3.63) is 34.3 Å². The number of hydrogen-bond donors (Lipinski definition) is 1. The van der Waals surface area contributed by atoms with Crippen molar-refractivity contribution >= 4 is 11.1 Å². The lowest BCUT2D eigenvalue weighted by Gasteiger charge is -2.08. The highest BCUT2D eigenvalue weighted by atomic mass is 16.4. The molecule has 0 amide bonds. The van der Waals surface area contributed by atoms with Crippen LogP contribution >= 0.6 is 0 Å². The van der Waals surface area contributed by atoms with E-state index >= 15 is 0 Å². The highest BCUT2D eigenvalue weighted by Crippen LogP contribution is 2.20. The molecule has 0 bridgehead atoms. The molecule has 0 aliphatic carbocycles. The van der Waals surface area contributed by atoms with E-state index in [1.165, 1.54) is 0 Å².